The van der Waals surface area contributed by atoms with E-state index in [1.54, 1.807) is 24.3 Å². The summed E-state index contributed by atoms with van der Waals surface area (Å²) in [6.07, 6.45) is -0.451. The second-order valence-corrected chi connectivity index (χ2v) is 5.08. The average molecular weight is 270 g/mol. The van der Waals surface area contributed by atoms with E-state index in [0.717, 1.165) is 17.3 Å². The van der Waals surface area contributed by atoms with Gasteiger partial charge in [0.2, 0.25) is 0 Å². The summed E-state index contributed by atoms with van der Waals surface area (Å²) in [5.41, 5.74) is 0.726. The van der Waals surface area contributed by atoms with Crippen LogP contribution in [0.2, 0.25) is 0 Å². The normalized spacial score (nSPS) is 11.8. The smallest absolute Gasteiger partial charge is 0.317 e. The van der Waals surface area contributed by atoms with Gasteiger partial charge >= 0.3 is 11.9 Å². The maximum atomic E-state index is 10.9. The molecule has 0 radical (unpaired) electrons. The molecule has 0 aromatic heterocycles. The summed E-state index contributed by atoms with van der Waals surface area (Å²) in [4.78, 5) is 21.4. The Morgan fingerprint density at radius 3 is 2.29 bits per heavy atom. The highest BCUT2D eigenvalue weighted by Crippen LogP contribution is 2.22. The second kappa shape index (κ2) is 6.36. The zero-order valence-corrected chi connectivity index (χ0v) is 10.3. The number of hydrogen-bond acceptors (Lipinski definition) is 4. The molecule has 1 atom stereocenters. The van der Waals surface area contributed by atoms with E-state index in [-0.39, 0.29) is 0 Å². The third-order valence-corrected chi connectivity index (χ3v) is 3.52. The number of thioether (sulfide) groups is 1. The predicted molar refractivity (Wildman–Crippen MR) is 69.4 cm³/mol. The minimum Gasteiger partial charge on any atom is -0.481 e. The fraction of sp³-hybridized carbons (Fsp3) is 0.182. The van der Waals surface area contributed by atoms with Gasteiger partial charge in [0.25, 0.3) is 0 Å². The van der Waals surface area contributed by atoms with Crippen molar-refractivity contribution in [3.05, 3.63) is 35.9 Å². The highest BCUT2D eigenvalue weighted by Gasteiger charge is 2.23. The molecule has 17 heavy (non-hydrogen) atoms. The van der Waals surface area contributed by atoms with Crippen molar-refractivity contribution in [2.45, 2.75) is 11.7 Å². The van der Waals surface area contributed by atoms with E-state index in [0.29, 0.717) is 4.20 Å². The zero-order chi connectivity index (χ0) is 12.8. The summed E-state index contributed by atoms with van der Waals surface area (Å²) in [6, 6.07) is 8.91. The number of carboxylic acid groups (broad SMARTS) is 2. The molecule has 0 saturated carbocycles. The van der Waals surface area contributed by atoms with Crippen LogP contribution < -0.4 is 0 Å². The quantitative estimate of drug-likeness (QED) is 0.797. The molecule has 0 bridgehead atoms. The molecular formula is C11H10O4S2. The Morgan fingerprint density at radius 2 is 1.82 bits per heavy atom. The van der Waals surface area contributed by atoms with Crippen molar-refractivity contribution in [1.82, 2.24) is 0 Å². The van der Waals surface area contributed by atoms with Gasteiger partial charge < -0.3 is 10.2 Å². The van der Waals surface area contributed by atoms with Crippen LogP contribution in [0.5, 0.6) is 0 Å². The first-order chi connectivity index (χ1) is 8.00. The molecular weight excluding hydrogens is 260 g/mol. The number of carboxylic acids is 2. The molecule has 0 amide bonds. The van der Waals surface area contributed by atoms with Gasteiger partial charge in [-0.15, -0.1) is 0 Å². The molecule has 1 aromatic carbocycles. The molecule has 90 valence electrons. The van der Waals surface area contributed by atoms with Gasteiger partial charge in [0.05, 0.1) is 10.6 Å². The molecule has 1 rings (SSSR count). The largest absolute Gasteiger partial charge is 0.481 e. The highest BCUT2D eigenvalue weighted by molar-refractivity contribution is 8.24. The van der Waals surface area contributed by atoms with Gasteiger partial charge in [-0.2, -0.15) is 0 Å². The SMILES string of the molecule is O=C(O)CC(SC(=S)c1ccccc1)C(=O)O. The first kappa shape index (κ1) is 13.7. The van der Waals surface area contributed by atoms with Gasteiger partial charge in [0.15, 0.2) is 0 Å². The summed E-state index contributed by atoms with van der Waals surface area (Å²) in [6.45, 7) is 0. The number of benzene rings is 1. The molecule has 0 heterocycles. The van der Waals surface area contributed by atoms with Crippen LogP contribution in [-0.2, 0) is 9.59 Å². The molecule has 2 N–H and O–H groups in total. The van der Waals surface area contributed by atoms with Crippen molar-refractivity contribution < 1.29 is 19.8 Å². The van der Waals surface area contributed by atoms with Gasteiger partial charge in [-0.05, 0) is 5.56 Å². The Kier molecular flexibility index (Phi) is 5.11. The minimum absolute atomic E-state index is 0.388. The Labute approximate surface area is 108 Å². The summed E-state index contributed by atoms with van der Waals surface area (Å²) >= 11 is 5.96. The van der Waals surface area contributed by atoms with E-state index >= 15 is 0 Å². The third kappa shape index (κ3) is 4.54. The maximum Gasteiger partial charge on any atom is 0.317 e. The zero-order valence-electron chi connectivity index (χ0n) is 8.70. The molecule has 1 aromatic rings. The van der Waals surface area contributed by atoms with Crippen molar-refractivity contribution >= 4 is 40.1 Å². The van der Waals surface area contributed by atoms with Crippen LogP contribution in [0.4, 0.5) is 0 Å². The fourth-order valence-corrected chi connectivity index (χ4v) is 2.45. The molecule has 0 spiro atoms. The number of aliphatic carboxylic acids is 2. The highest BCUT2D eigenvalue weighted by atomic mass is 32.2. The molecule has 0 aliphatic carbocycles. The van der Waals surface area contributed by atoms with Crippen LogP contribution >= 0.6 is 24.0 Å². The average Bonchev–Trinajstić information content (AvgIpc) is 2.28. The topological polar surface area (TPSA) is 74.6 Å². The number of thiocarbonyl (C=S) groups is 1. The lowest BCUT2D eigenvalue weighted by Gasteiger charge is -2.10. The first-order valence-corrected chi connectivity index (χ1v) is 6.00. The van der Waals surface area contributed by atoms with E-state index in [9.17, 15) is 9.59 Å². The van der Waals surface area contributed by atoms with E-state index in [2.05, 4.69) is 0 Å². The lowest BCUT2D eigenvalue weighted by atomic mass is 10.2. The van der Waals surface area contributed by atoms with E-state index in [1.807, 2.05) is 6.07 Å². The van der Waals surface area contributed by atoms with Crippen molar-refractivity contribution in [3.8, 4) is 0 Å². The van der Waals surface area contributed by atoms with Crippen LogP contribution in [-0.4, -0.2) is 31.6 Å². The van der Waals surface area contributed by atoms with Crippen molar-refractivity contribution in [2.75, 3.05) is 0 Å². The number of rotatable bonds is 5. The first-order valence-electron chi connectivity index (χ1n) is 4.71. The minimum atomic E-state index is -1.17. The molecule has 6 heteroatoms. The van der Waals surface area contributed by atoms with Crippen molar-refractivity contribution in [1.29, 1.82) is 0 Å². The Bertz CT molecular complexity index is 430. The Hall–Kier alpha value is -1.40. The van der Waals surface area contributed by atoms with Crippen LogP contribution in [0.15, 0.2) is 30.3 Å². The standard InChI is InChI=1S/C11H10O4S2/c12-9(13)6-8(10(14)15)17-11(16)7-4-2-1-3-5-7/h1-5,8H,6H2,(H,12,13)(H,14,15). The van der Waals surface area contributed by atoms with Gasteiger partial charge in [0, 0.05) is 0 Å². The summed E-state index contributed by atoms with van der Waals surface area (Å²) in [5, 5.41) is 16.4. The summed E-state index contributed by atoms with van der Waals surface area (Å²) < 4.78 is 0.388. The van der Waals surface area contributed by atoms with Gasteiger partial charge in [0.1, 0.15) is 5.25 Å². The van der Waals surface area contributed by atoms with Gasteiger partial charge in [-0.25, -0.2) is 0 Å². The monoisotopic (exact) mass is 270 g/mol. The van der Waals surface area contributed by atoms with Crippen LogP contribution in [0.3, 0.4) is 0 Å². The lowest BCUT2D eigenvalue weighted by molar-refractivity contribution is -0.142. The molecule has 0 aliphatic heterocycles. The van der Waals surface area contributed by atoms with Gasteiger partial charge in [-0.1, -0.05) is 54.3 Å². The van der Waals surface area contributed by atoms with Gasteiger partial charge in [-0.3, -0.25) is 9.59 Å². The molecule has 1 unspecified atom stereocenters. The van der Waals surface area contributed by atoms with Crippen LogP contribution in [0.25, 0.3) is 0 Å². The lowest BCUT2D eigenvalue weighted by Crippen LogP contribution is -2.21. The predicted octanol–water partition coefficient (Wildman–Crippen LogP) is 2.02. The summed E-state index contributed by atoms with van der Waals surface area (Å²) in [7, 11) is 0. The fourth-order valence-electron chi connectivity index (χ4n) is 1.11. The molecule has 4 nitrogen and oxygen atoms in total. The molecule has 0 saturated heterocycles. The van der Waals surface area contributed by atoms with Crippen LogP contribution in [0.1, 0.15) is 12.0 Å². The molecule has 0 fully saturated rings. The van der Waals surface area contributed by atoms with Crippen LogP contribution in [0, 0.1) is 0 Å². The maximum absolute atomic E-state index is 10.9. The van der Waals surface area contributed by atoms with E-state index in [4.69, 9.17) is 22.4 Å². The van der Waals surface area contributed by atoms with E-state index in [1.165, 1.54) is 0 Å². The molecule has 0 aliphatic rings. The Balaban J connectivity index is 2.71. The van der Waals surface area contributed by atoms with Crippen molar-refractivity contribution in [2.24, 2.45) is 0 Å². The summed E-state index contributed by atoms with van der Waals surface area (Å²) in [5.74, 6) is -2.32. The van der Waals surface area contributed by atoms with Crippen molar-refractivity contribution in [3.63, 3.8) is 0 Å². The van der Waals surface area contributed by atoms with E-state index < -0.39 is 23.6 Å². The third-order valence-electron chi connectivity index (χ3n) is 1.89. The Morgan fingerprint density at radius 1 is 1.24 bits per heavy atom. The second-order valence-electron chi connectivity index (χ2n) is 3.20. The number of carbonyl (C=O) groups is 2. The number of hydrogen-bond donors (Lipinski definition) is 2.